The number of sulfonamides is 1. The molecule has 0 aromatic heterocycles. The van der Waals surface area contributed by atoms with Gasteiger partial charge in [0, 0.05) is 18.1 Å². The van der Waals surface area contributed by atoms with Crippen molar-refractivity contribution in [1.29, 1.82) is 0 Å². The maximum Gasteiger partial charge on any atom is 0.247 e. The van der Waals surface area contributed by atoms with Crippen LogP contribution in [0.5, 0.6) is 5.75 Å². The van der Waals surface area contributed by atoms with Gasteiger partial charge in [0.1, 0.15) is 4.90 Å². The molecule has 106 valence electrons. The molecule has 0 unspecified atom stereocenters. The fraction of sp³-hybridized carbons (Fsp3) is 0.455. The Hall–Kier alpha value is -0.340. The first-order valence-electron chi connectivity index (χ1n) is 5.57. The highest BCUT2D eigenvalue weighted by Crippen LogP contribution is 2.36. The Kier molecular flexibility index (Phi) is 4.73. The minimum Gasteiger partial charge on any atom is -0.494 e. The van der Waals surface area contributed by atoms with E-state index >= 15 is 0 Å². The maximum atomic E-state index is 12.6. The second kappa shape index (κ2) is 5.97. The van der Waals surface area contributed by atoms with Gasteiger partial charge in [0.2, 0.25) is 10.0 Å². The van der Waals surface area contributed by atoms with Gasteiger partial charge < -0.3 is 9.47 Å². The minimum atomic E-state index is -3.64. The van der Waals surface area contributed by atoms with E-state index in [4.69, 9.17) is 21.1 Å². The smallest absolute Gasteiger partial charge is 0.247 e. The number of ether oxygens (including phenoxy) is 2. The van der Waals surface area contributed by atoms with Crippen LogP contribution in [-0.4, -0.2) is 46.1 Å². The highest BCUT2D eigenvalue weighted by molar-refractivity contribution is 9.10. The number of methoxy groups -OCH3 is 1. The van der Waals surface area contributed by atoms with E-state index in [-0.39, 0.29) is 10.6 Å². The molecule has 0 atom stereocenters. The summed E-state index contributed by atoms with van der Waals surface area (Å²) in [5.74, 6) is 0.260. The van der Waals surface area contributed by atoms with Gasteiger partial charge >= 0.3 is 0 Å². The quantitative estimate of drug-likeness (QED) is 0.818. The van der Waals surface area contributed by atoms with E-state index < -0.39 is 10.0 Å². The van der Waals surface area contributed by atoms with Crippen molar-refractivity contribution in [3.05, 3.63) is 21.6 Å². The number of nitrogens with zero attached hydrogens (tertiary/aromatic N) is 1. The standard InChI is InChI=1S/C11H13BrClNO4S/c1-17-11-9(12)6-8(13)7-10(11)19(15,16)14-2-4-18-5-3-14/h6-7H,2-5H2,1H3. The Morgan fingerprint density at radius 1 is 1.37 bits per heavy atom. The fourth-order valence-corrected chi connectivity index (χ4v) is 4.63. The van der Waals surface area contributed by atoms with Crippen molar-refractivity contribution in [3.8, 4) is 5.75 Å². The zero-order valence-electron chi connectivity index (χ0n) is 10.2. The number of rotatable bonds is 3. The van der Waals surface area contributed by atoms with Gasteiger partial charge in [0.05, 0.1) is 24.8 Å². The predicted octanol–water partition coefficient (Wildman–Crippen LogP) is 2.13. The Morgan fingerprint density at radius 2 is 2.00 bits per heavy atom. The number of hydrogen-bond donors (Lipinski definition) is 0. The molecule has 1 fully saturated rings. The number of benzene rings is 1. The molecule has 1 saturated heterocycles. The summed E-state index contributed by atoms with van der Waals surface area (Å²) < 4.78 is 37.4. The van der Waals surface area contributed by atoms with Crippen LogP contribution in [0.3, 0.4) is 0 Å². The first kappa shape index (κ1) is 15.1. The molecule has 1 aliphatic rings. The van der Waals surface area contributed by atoms with E-state index in [1.165, 1.54) is 17.5 Å². The summed E-state index contributed by atoms with van der Waals surface area (Å²) in [6.45, 7) is 1.44. The molecular formula is C11H13BrClNO4S. The zero-order chi connectivity index (χ0) is 14.0. The highest BCUT2D eigenvalue weighted by Gasteiger charge is 2.30. The SMILES string of the molecule is COc1c(Br)cc(Cl)cc1S(=O)(=O)N1CCOCC1. The van der Waals surface area contributed by atoms with Crippen molar-refractivity contribution >= 4 is 37.6 Å². The average molecular weight is 371 g/mol. The molecule has 1 aromatic carbocycles. The normalized spacial score (nSPS) is 17.4. The van der Waals surface area contributed by atoms with Crippen molar-refractivity contribution in [2.75, 3.05) is 33.4 Å². The Bertz CT molecular complexity index is 572. The van der Waals surface area contributed by atoms with Crippen LogP contribution in [0.1, 0.15) is 0 Å². The third kappa shape index (κ3) is 3.05. The van der Waals surface area contributed by atoms with Gasteiger partial charge in [-0.25, -0.2) is 8.42 Å². The summed E-state index contributed by atoms with van der Waals surface area (Å²) in [4.78, 5) is 0.0660. The first-order valence-corrected chi connectivity index (χ1v) is 8.19. The van der Waals surface area contributed by atoms with E-state index in [1.54, 1.807) is 6.07 Å². The van der Waals surface area contributed by atoms with Crippen LogP contribution in [0, 0.1) is 0 Å². The van der Waals surface area contributed by atoms with Gasteiger partial charge in [-0.1, -0.05) is 11.6 Å². The van der Waals surface area contributed by atoms with Crippen LogP contribution in [-0.2, 0) is 14.8 Å². The van der Waals surface area contributed by atoms with Crippen molar-refractivity contribution in [2.24, 2.45) is 0 Å². The highest BCUT2D eigenvalue weighted by atomic mass is 79.9. The summed E-state index contributed by atoms with van der Waals surface area (Å²) in [5.41, 5.74) is 0. The lowest BCUT2D eigenvalue weighted by Crippen LogP contribution is -2.40. The number of morpholine rings is 1. The Labute approximate surface area is 125 Å². The third-order valence-corrected chi connectivity index (χ3v) is 5.48. The molecule has 0 saturated carbocycles. The van der Waals surface area contributed by atoms with Crippen LogP contribution in [0.15, 0.2) is 21.5 Å². The maximum absolute atomic E-state index is 12.6. The average Bonchev–Trinajstić information content (AvgIpc) is 2.39. The summed E-state index contributed by atoms with van der Waals surface area (Å²) in [6, 6.07) is 2.99. The van der Waals surface area contributed by atoms with Crippen LogP contribution in [0.4, 0.5) is 0 Å². The molecule has 5 nitrogen and oxygen atoms in total. The zero-order valence-corrected chi connectivity index (χ0v) is 13.4. The molecule has 0 spiro atoms. The molecule has 0 bridgehead atoms. The van der Waals surface area contributed by atoms with Gasteiger partial charge in [-0.3, -0.25) is 0 Å². The van der Waals surface area contributed by atoms with Gasteiger partial charge in [-0.05, 0) is 28.1 Å². The van der Waals surface area contributed by atoms with E-state index in [0.717, 1.165) is 0 Å². The number of halogens is 2. The first-order chi connectivity index (χ1) is 8.96. The van der Waals surface area contributed by atoms with Gasteiger partial charge in [-0.2, -0.15) is 4.31 Å². The lowest BCUT2D eigenvalue weighted by molar-refractivity contribution is 0.0729. The number of hydrogen-bond acceptors (Lipinski definition) is 4. The molecule has 0 amide bonds. The Balaban J connectivity index is 2.50. The summed E-state index contributed by atoms with van der Waals surface area (Å²) >= 11 is 9.19. The molecule has 1 aliphatic heterocycles. The van der Waals surface area contributed by atoms with E-state index in [9.17, 15) is 8.42 Å². The third-order valence-electron chi connectivity index (χ3n) is 2.77. The van der Waals surface area contributed by atoms with Crippen LogP contribution >= 0.6 is 27.5 Å². The largest absolute Gasteiger partial charge is 0.494 e. The summed E-state index contributed by atoms with van der Waals surface area (Å²) in [6.07, 6.45) is 0. The monoisotopic (exact) mass is 369 g/mol. The minimum absolute atomic E-state index is 0.0660. The molecule has 1 aromatic rings. The lowest BCUT2D eigenvalue weighted by atomic mass is 10.3. The fourth-order valence-electron chi connectivity index (χ4n) is 1.85. The lowest BCUT2D eigenvalue weighted by Gasteiger charge is -2.26. The van der Waals surface area contributed by atoms with Gasteiger partial charge in [0.25, 0.3) is 0 Å². The van der Waals surface area contributed by atoms with Crippen LogP contribution in [0.25, 0.3) is 0 Å². The molecular weight excluding hydrogens is 358 g/mol. The topological polar surface area (TPSA) is 55.8 Å². The van der Waals surface area contributed by atoms with Crippen molar-refractivity contribution in [2.45, 2.75) is 4.90 Å². The van der Waals surface area contributed by atoms with Gasteiger partial charge in [-0.15, -0.1) is 0 Å². The molecule has 0 aliphatic carbocycles. The molecule has 0 N–H and O–H groups in total. The molecule has 2 rings (SSSR count). The molecule has 8 heteroatoms. The van der Waals surface area contributed by atoms with E-state index in [2.05, 4.69) is 15.9 Å². The second-order valence-corrected chi connectivity index (χ2v) is 7.13. The van der Waals surface area contributed by atoms with E-state index in [0.29, 0.717) is 35.8 Å². The molecule has 1 heterocycles. The van der Waals surface area contributed by atoms with Crippen LogP contribution < -0.4 is 4.74 Å². The molecule has 19 heavy (non-hydrogen) atoms. The summed E-state index contributed by atoms with van der Waals surface area (Å²) in [5, 5.41) is 0.333. The van der Waals surface area contributed by atoms with Crippen molar-refractivity contribution in [1.82, 2.24) is 4.31 Å². The van der Waals surface area contributed by atoms with E-state index in [1.807, 2.05) is 0 Å². The van der Waals surface area contributed by atoms with Crippen molar-refractivity contribution in [3.63, 3.8) is 0 Å². The van der Waals surface area contributed by atoms with Crippen LogP contribution in [0.2, 0.25) is 5.02 Å². The van der Waals surface area contributed by atoms with Crippen molar-refractivity contribution < 1.29 is 17.9 Å². The predicted molar refractivity (Wildman–Crippen MR) is 75.3 cm³/mol. The Morgan fingerprint density at radius 3 is 2.58 bits per heavy atom. The van der Waals surface area contributed by atoms with Gasteiger partial charge in [0.15, 0.2) is 5.75 Å². The second-order valence-electron chi connectivity index (χ2n) is 3.94. The summed E-state index contributed by atoms with van der Waals surface area (Å²) in [7, 11) is -2.21. The molecule has 0 radical (unpaired) electrons.